The number of amides is 2. The van der Waals surface area contributed by atoms with Gasteiger partial charge in [-0.3, -0.25) is 9.48 Å². The van der Waals surface area contributed by atoms with Crippen LogP contribution in [0.3, 0.4) is 0 Å². The molecule has 3 aromatic rings. The third kappa shape index (κ3) is 5.03. The first-order valence-electron chi connectivity index (χ1n) is 12.8. The molecule has 200 valence electrons. The van der Waals surface area contributed by atoms with E-state index < -0.39 is 11.4 Å². The van der Waals surface area contributed by atoms with Crippen LogP contribution >= 0.6 is 0 Å². The summed E-state index contributed by atoms with van der Waals surface area (Å²) in [5.41, 5.74) is 4.21. The van der Waals surface area contributed by atoms with Crippen molar-refractivity contribution in [3.05, 3.63) is 59.0 Å². The van der Waals surface area contributed by atoms with Crippen LogP contribution in [0.25, 0.3) is 28.1 Å². The second kappa shape index (κ2) is 9.87. The van der Waals surface area contributed by atoms with Gasteiger partial charge in [0.25, 0.3) is 5.91 Å². The van der Waals surface area contributed by atoms with E-state index in [-0.39, 0.29) is 18.0 Å². The minimum Gasteiger partial charge on any atom is -0.444 e. The number of morpholine rings is 1. The fourth-order valence-corrected chi connectivity index (χ4v) is 4.99. The van der Waals surface area contributed by atoms with Crippen molar-refractivity contribution in [1.82, 2.24) is 19.6 Å². The zero-order valence-electron chi connectivity index (χ0n) is 22.5. The standard InChI is InChI=1S/C29H33FN4O4/c1-18-17-37-11-10-34(18)27(35)24-13-21(30)7-9-22(24)23-8-6-20(26-25(23)14-31-32(26)5)12-19-15-33(16-19)28(36)38-29(2,3)4/h6-9,12-14,18H,10-11,15-17H2,1-5H3/t18-/m1/s1. The van der Waals surface area contributed by atoms with Gasteiger partial charge in [0.15, 0.2) is 0 Å². The minimum atomic E-state index is -0.534. The Morgan fingerprint density at radius 1 is 1.16 bits per heavy atom. The van der Waals surface area contributed by atoms with Gasteiger partial charge in [-0.25, -0.2) is 9.18 Å². The van der Waals surface area contributed by atoms with E-state index in [0.717, 1.165) is 27.6 Å². The summed E-state index contributed by atoms with van der Waals surface area (Å²) in [6.45, 7) is 9.87. The molecule has 2 fully saturated rings. The van der Waals surface area contributed by atoms with Gasteiger partial charge in [-0.1, -0.05) is 24.3 Å². The number of rotatable bonds is 3. The van der Waals surface area contributed by atoms with E-state index in [2.05, 4.69) is 11.2 Å². The topological polar surface area (TPSA) is 76.9 Å². The van der Waals surface area contributed by atoms with Crippen molar-refractivity contribution in [2.24, 2.45) is 7.05 Å². The number of hydrogen-bond donors (Lipinski definition) is 0. The number of ether oxygens (including phenoxy) is 2. The highest BCUT2D eigenvalue weighted by atomic mass is 19.1. The van der Waals surface area contributed by atoms with Crippen LogP contribution < -0.4 is 0 Å². The number of carbonyl (C=O) groups excluding carboxylic acids is 2. The summed E-state index contributed by atoms with van der Waals surface area (Å²) in [5, 5.41) is 5.35. The third-order valence-corrected chi connectivity index (χ3v) is 6.86. The van der Waals surface area contributed by atoms with Crippen LogP contribution in [0, 0.1) is 5.82 Å². The molecule has 2 amide bonds. The lowest BCUT2D eigenvalue weighted by atomic mass is 9.93. The van der Waals surface area contributed by atoms with Crippen LogP contribution in [0.15, 0.2) is 42.1 Å². The third-order valence-electron chi connectivity index (χ3n) is 6.86. The predicted molar refractivity (Wildman–Crippen MR) is 143 cm³/mol. The SMILES string of the molecule is C[C@@H]1COCCN1C(=O)c1cc(F)ccc1-c1ccc(C=C2CN(C(=O)OC(C)(C)C)C2)c2c1cnn2C. The van der Waals surface area contributed by atoms with Gasteiger partial charge >= 0.3 is 6.09 Å². The largest absolute Gasteiger partial charge is 0.444 e. The number of carbonyl (C=O) groups is 2. The number of hydrogen-bond acceptors (Lipinski definition) is 5. The molecule has 2 aliphatic heterocycles. The van der Waals surface area contributed by atoms with Crippen LogP contribution in [0.5, 0.6) is 0 Å². The van der Waals surface area contributed by atoms with Crippen LogP contribution in [-0.4, -0.2) is 76.1 Å². The van der Waals surface area contributed by atoms with Crippen molar-refractivity contribution in [2.75, 3.05) is 32.8 Å². The Hall–Kier alpha value is -3.72. The van der Waals surface area contributed by atoms with Crippen LogP contribution in [0.4, 0.5) is 9.18 Å². The highest BCUT2D eigenvalue weighted by molar-refractivity contribution is 6.07. The molecule has 2 aliphatic rings. The Kier molecular flexibility index (Phi) is 6.73. The summed E-state index contributed by atoms with van der Waals surface area (Å²) in [6.07, 6.45) is 3.52. The number of benzene rings is 2. The smallest absolute Gasteiger partial charge is 0.410 e. The van der Waals surface area contributed by atoms with E-state index in [0.29, 0.717) is 44.0 Å². The molecule has 38 heavy (non-hydrogen) atoms. The molecule has 0 radical (unpaired) electrons. The summed E-state index contributed by atoms with van der Waals surface area (Å²) < 4.78 is 27.1. The first-order valence-corrected chi connectivity index (χ1v) is 12.8. The summed E-state index contributed by atoms with van der Waals surface area (Å²) in [4.78, 5) is 29.3. The number of aromatic nitrogens is 2. The van der Waals surface area contributed by atoms with E-state index >= 15 is 0 Å². The summed E-state index contributed by atoms with van der Waals surface area (Å²) in [5.74, 6) is -0.670. The molecule has 2 aromatic carbocycles. The van der Waals surface area contributed by atoms with Gasteiger partial charge in [0.2, 0.25) is 0 Å². The first-order chi connectivity index (χ1) is 18.0. The summed E-state index contributed by atoms with van der Waals surface area (Å²) in [6, 6.07) is 8.20. The van der Waals surface area contributed by atoms with Crippen LogP contribution in [0.2, 0.25) is 0 Å². The molecule has 0 saturated carbocycles. The monoisotopic (exact) mass is 520 g/mol. The van der Waals surface area contributed by atoms with Crippen molar-refractivity contribution in [3.63, 3.8) is 0 Å². The van der Waals surface area contributed by atoms with E-state index in [1.54, 1.807) is 26.7 Å². The molecule has 8 nitrogen and oxygen atoms in total. The van der Waals surface area contributed by atoms with Crippen molar-refractivity contribution in [1.29, 1.82) is 0 Å². The van der Waals surface area contributed by atoms with Gasteiger partial charge in [0.1, 0.15) is 11.4 Å². The van der Waals surface area contributed by atoms with E-state index in [9.17, 15) is 14.0 Å². The summed E-state index contributed by atoms with van der Waals surface area (Å²) >= 11 is 0. The molecular formula is C29H33FN4O4. The lowest BCUT2D eigenvalue weighted by molar-refractivity contribution is 0.00361. The van der Waals surface area contributed by atoms with E-state index in [4.69, 9.17) is 9.47 Å². The fraction of sp³-hybridized carbons (Fsp3) is 0.414. The number of likely N-dealkylation sites (tertiary alicyclic amines) is 1. The van der Waals surface area contributed by atoms with Crippen molar-refractivity contribution in [3.8, 4) is 11.1 Å². The lowest BCUT2D eigenvalue weighted by Gasteiger charge is -2.35. The van der Waals surface area contributed by atoms with Crippen molar-refractivity contribution in [2.45, 2.75) is 39.3 Å². The van der Waals surface area contributed by atoms with Gasteiger partial charge in [0, 0.05) is 37.6 Å². The quantitative estimate of drug-likeness (QED) is 0.492. The molecule has 0 aliphatic carbocycles. The Balaban J connectivity index is 1.48. The Labute approximate surface area is 221 Å². The maximum absolute atomic E-state index is 14.4. The van der Waals surface area contributed by atoms with Crippen molar-refractivity contribution < 1.29 is 23.5 Å². The fourth-order valence-electron chi connectivity index (χ4n) is 4.99. The van der Waals surface area contributed by atoms with Gasteiger partial charge in [-0.05, 0) is 56.5 Å². The Morgan fingerprint density at radius 3 is 2.61 bits per heavy atom. The van der Waals surface area contributed by atoms with Crippen LogP contribution in [-0.2, 0) is 16.5 Å². The normalized spacial score (nSPS) is 17.9. The van der Waals surface area contributed by atoms with Gasteiger partial charge in [-0.2, -0.15) is 5.10 Å². The average Bonchev–Trinajstić information content (AvgIpc) is 3.22. The van der Waals surface area contributed by atoms with Crippen molar-refractivity contribution >= 4 is 29.0 Å². The molecule has 3 heterocycles. The molecule has 1 atom stereocenters. The second-order valence-corrected chi connectivity index (χ2v) is 11.0. The molecule has 0 bridgehead atoms. The highest BCUT2D eigenvalue weighted by Crippen LogP contribution is 2.35. The summed E-state index contributed by atoms with van der Waals surface area (Å²) in [7, 11) is 1.87. The maximum Gasteiger partial charge on any atom is 0.410 e. The molecule has 0 spiro atoms. The molecule has 2 saturated heterocycles. The molecule has 1 aromatic heterocycles. The molecular weight excluding hydrogens is 487 g/mol. The van der Waals surface area contributed by atoms with E-state index in [1.807, 2.05) is 46.9 Å². The molecule has 5 rings (SSSR count). The number of halogens is 1. The average molecular weight is 521 g/mol. The molecule has 0 N–H and O–H groups in total. The highest BCUT2D eigenvalue weighted by Gasteiger charge is 2.30. The van der Waals surface area contributed by atoms with Crippen LogP contribution in [0.1, 0.15) is 43.6 Å². The van der Waals surface area contributed by atoms with E-state index in [1.165, 1.54) is 12.1 Å². The molecule has 9 heteroatoms. The maximum atomic E-state index is 14.4. The van der Waals surface area contributed by atoms with Gasteiger partial charge in [-0.15, -0.1) is 0 Å². The zero-order valence-corrected chi connectivity index (χ0v) is 22.5. The second-order valence-electron chi connectivity index (χ2n) is 11.0. The number of fused-ring (bicyclic) bond motifs is 1. The minimum absolute atomic E-state index is 0.0949. The van der Waals surface area contributed by atoms with Gasteiger partial charge < -0.3 is 19.3 Å². The number of aryl methyl sites for hydroxylation is 1. The Bertz CT molecular complexity index is 1430. The predicted octanol–water partition coefficient (Wildman–Crippen LogP) is 4.87. The number of nitrogens with zero attached hydrogens (tertiary/aromatic N) is 4. The first kappa shape index (κ1) is 25.9. The Morgan fingerprint density at radius 2 is 1.89 bits per heavy atom. The van der Waals surface area contributed by atoms with Gasteiger partial charge in [0.05, 0.1) is 36.5 Å². The zero-order chi connectivity index (χ0) is 27.2. The molecule has 0 unspecified atom stereocenters. The lowest BCUT2D eigenvalue weighted by Crippen LogP contribution is -2.47.